The normalized spacial score (nSPS) is 17.5. The summed E-state index contributed by atoms with van der Waals surface area (Å²) < 4.78 is 9.88. The molecule has 4 aromatic rings. The summed E-state index contributed by atoms with van der Waals surface area (Å²) >= 11 is 0. The Labute approximate surface area is 211 Å². The lowest BCUT2D eigenvalue weighted by Crippen LogP contribution is -2.57. The Morgan fingerprint density at radius 2 is 1.78 bits per heavy atom. The van der Waals surface area contributed by atoms with E-state index in [0.717, 1.165) is 85.4 Å². The molecular weight excluding hydrogens is 454 g/mol. The number of anilines is 1. The molecule has 10 nitrogen and oxygen atoms in total. The molecule has 0 atom stereocenters. The third kappa shape index (κ3) is 3.93. The van der Waals surface area contributed by atoms with Crippen LogP contribution in [0.2, 0.25) is 0 Å². The van der Waals surface area contributed by atoms with Crippen LogP contribution >= 0.6 is 0 Å². The van der Waals surface area contributed by atoms with E-state index in [1.807, 2.05) is 18.2 Å². The number of hydrogen-bond donors (Lipinski definition) is 0. The van der Waals surface area contributed by atoms with Crippen LogP contribution < -0.4 is 4.90 Å². The highest BCUT2D eigenvalue weighted by Gasteiger charge is 2.31. The molecule has 0 amide bonds. The Balaban J connectivity index is 1.44. The quantitative estimate of drug-likeness (QED) is 0.391. The van der Waals surface area contributed by atoms with Crippen molar-refractivity contribution in [2.45, 2.75) is 32.9 Å². The second-order valence-corrected chi connectivity index (χ2v) is 9.83. The lowest BCUT2D eigenvalue weighted by molar-refractivity contribution is 0.0440. The Bertz CT molecular complexity index is 1380. The maximum atomic E-state index is 5.64. The molecule has 2 saturated heterocycles. The van der Waals surface area contributed by atoms with Gasteiger partial charge in [-0.05, 0) is 25.7 Å². The minimum atomic E-state index is 0.627. The van der Waals surface area contributed by atoms with Crippen molar-refractivity contribution in [1.82, 2.24) is 38.9 Å². The van der Waals surface area contributed by atoms with E-state index < -0.39 is 0 Å². The molecule has 0 N–H and O–H groups in total. The Morgan fingerprint density at radius 1 is 1.00 bits per heavy atom. The van der Waals surface area contributed by atoms with E-state index in [-0.39, 0.29) is 0 Å². The Hall–Kier alpha value is -3.08. The summed E-state index contributed by atoms with van der Waals surface area (Å²) in [5.41, 5.74) is 3.71. The van der Waals surface area contributed by atoms with Gasteiger partial charge in [-0.25, -0.2) is 9.97 Å². The number of ether oxygens (including phenoxy) is 1. The fraction of sp³-hybridized carbons (Fsp3) is 0.538. The number of fused-ring (bicyclic) bond motifs is 2. The molecule has 6 rings (SSSR count). The second-order valence-electron chi connectivity index (χ2n) is 9.83. The zero-order valence-corrected chi connectivity index (χ0v) is 21.7. The van der Waals surface area contributed by atoms with Gasteiger partial charge in [-0.1, -0.05) is 26.0 Å². The van der Waals surface area contributed by atoms with Gasteiger partial charge in [0.25, 0.3) is 0 Å². The number of para-hydroxylation sites is 2. The smallest absolute Gasteiger partial charge is 0.239 e. The van der Waals surface area contributed by atoms with Crippen molar-refractivity contribution in [2.24, 2.45) is 7.05 Å². The first-order valence-electron chi connectivity index (χ1n) is 13.0. The van der Waals surface area contributed by atoms with Gasteiger partial charge >= 0.3 is 0 Å². The standard InChI is InChI=1S/C26H35N9O/c1-5-21-27-19-9-7-8-10-20(19)35(21)26-29-24-23(25(30-26)34-11-13-36-14-12-34)28-22(32(24)4)17-33-15-18(16-33)31(3)6-2/h7-10,18H,5-6,11-17H2,1-4H3. The molecule has 0 bridgehead atoms. The predicted octanol–water partition coefficient (Wildman–Crippen LogP) is 2.24. The minimum Gasteiger partial charge on any atom is -0.378 e. The molecule has 10 heteroatoms. The van der Waals surface area contributed by atoms with Gasteiger partial charge in [0.15, 0.2) is 17.0 Å². The molecule has 0 saturated carbocycles. The van der Waals surface area contributed by atoms with Crippen molar-refractivity contribution in [2.75, 3.05) is 57.9 Å². The molecule has 1 aromatic carbocycles. The summed E-state index contributed by atoms with van der Waals surface area (Å²) in [4.78, 5) is 27.3. The van der Waals surface area contributed by atoms with Crippen molar-refractivity contribution in [3.05, 3.63) is 35.9 Å². The van der Waals surface area contributed by atoms with Gasteiger partial charge < -0.3 is 19.1 Å². The van der Waals surface area contributed by atoms with E-state index >= 15 is 0 Å². The number of nitrogens with zero attached hydrogens (tertiary/aromatic N) is 9. The molecule has 2 aliphatic rings. The number of aryl methyl sites for hydroxylation is 2. The number of rotatable bonds is 7. The maximum Gasteiger partial charge on any atom is 0.239 e. The Kier molecular flexibility index (Phi) is 6.10. The summed E-state index contributed by atoms with van der Waals surface area (Å²) in [7, 11) is 4.28. The number of likely N-dealkylation sites (N-methyl/N-ethyl adjacent to an activating group) is 1. The number of benzene rings is 1. The number of hydrogen-bond acceptors (Lipinski definition) is 8. The average molecular weight is 490 g/mol. The molecule has 0 spiro atoms. The number of morpholine rings is 1. The van der Waals surface area contributed by atoms with Crippen LogP contribution in [0, 0.1) is 0 Å². The third-order valence-corrected chi connectivity index (χ3v) is 7.66. The summed E-state index contributed by atoms with van der Waals surface area (Å²) in [6.07, 6.45) is 0.794. The molecular formula is C26H35N9O. The molecule has 2 fully saturated rings. The van der Waals surface area contributed by atoms with E-state index in [1.54, 1.807) is 0 Å². The maximum absolute atomic E-state index is 5.64. The highest BCUT2D eigenvalue weighted by molar-refractivity contribution is 5.86. The van der Waals surface area contributed by atoms with Crippen LogP contribution in [-0.2, 0) is 24.8 Å². The SMILES string of the molecule is CCc1nc2ccccc2n1-c1nc(N2CCOCC2)c2nc(CN3CC(N(C)CC)C3)n(C)c2n1. The summed E-state index contributed by atoms with van der Waals surface area (Å²) in [6, 6.07) is 8.83. The summed E-state index contributed by atoms with van der Waals surface area (Å²) in [5.74, 6) is 3.51. The summed E-state index contributed by atoms with van der Waals surface area (Å²) in [5, 5.41) is 0. The van der Waals surface area contributed by atoms with Gasteiger partial charge in [0.05, 0.1) is 30.8 Å². The van der Waals surface area contributed by atoms with E-state index in [4.69, 9.17) is 24.7 Å². The van der Waals surface area contributed by atoms with E-state index in [1.165, 1.54) is 0 Å². The van der Waals surface area contributed by atoms with Gasteiger partial charge in [0, 0.05) is 45.7 Å². The van der Waals surface area contributed by atoms with Crippen LogP contribution in [0.25, 0.3) is 28.1 Å². The van der Waals surface area contributed by atoms with Crippen molar-refractivity contribution in [1.29, 1.82) is 0 Å². The van der Waals surface area contributed by atoms with Gasteiger partial charge in [0.1, 0.15) is 11.6 Å². The first-order valence-corrected chi connectivity index (χ1v) is 13.0. The molecule has 36 heavy (non-hydrogen) atoms. The number of aromatic nitrogens is 6. The van der Waals surface area contributed by atoms with E-state index in [0.29, 0.717) is 25.2 Å². The minimum absolute atomic E-state index is 0.627. The van der Waals surface area contributed by atoms with Gasteiger partial charge in [-0.15, -0.1) is 0 Å². The molecule has 0 aliphatic carbocycles. The fourth-order valence-electron chi connectivity index (χ4n) is 5.26. The van der Waals surface area contributed by atoms with Crippen molar-refractivity contribution in [3.8, 4) is 5.95 Å². The highest BCUT2D eigenvalue weighted by Crippen LogP contribution is 2.29. The van der Waals surface area contributed by atoms with Crippen LogP contribution in [0.4, 0.5) is 5.82 Å². The van der Waals surface area contributed by atoms with E-state index in [2.05, 4.69) is 57.8 Å². The van der Waals surface area contributed by atoms with Gasteiger partial charge in [-0.2, -0.15) is 9.97 Å². The zero-order chi connectivity index (χ0) is 24.8. The first-order chi connectivity index (χ1) is 17.6. The molecule has 0 unspecified atom stereocenters. The predicted molar refractivity (Wildman–Crippen MR) is 141 cm³/mol. The van der Waals surface area contributed by atoms with Crippen molar-refractivity contribution in [3.63, 3.8) is 0 Å². The Morgan fingerprint density at radius 3 is 2.53 bits per heavy atom. The highest BCUT2D eigenvalue weighted by atomic mass is 16.5. The molecule has 0 radical (unpaired) electrons. The van der Waals surface area contributed by atoms with Crippen LogP contribution in [0.15, 0.2) is 24.3 Å². The first kappa shape index (κ1) is 23.3. The molecule has 190 valence electrons. The third-order valence-electron chi connectivity index (χ3n) is 7.66. The van der Waals surface area contributed by atoms with Crippen molar-refractivity contribution >= 4 is 28.0 Å². The topological polar surface area (TPSA) is 80.4 Å². The van der Waals surface area contributed by atoms with Gasteiger partial charge in [-0.3, -0.25) is 9.47 Å². The lowest BCUT2D eigenvalue weighted by Gasteiger charge is -2.43. The molecule has 2 aliphatic heterocycles. The fourth-order valence-corrected chi connectivity index (χ4v) is 5.26. The lowest BCUT2D eigenvalue weighted by atomic mass is 10.1. The largest absolute Gasteiger partial charge is 0.378 e. The second kappa shape index (κ2) is 9.42. The van der Waals surface area contributed by atoms with Crippen molar-refractivity contribution < 1.29 is 4.74 Å². The monoisotopic (exact) mass is 489 g/mol. The molecule has 3 aromatic heterocycles. The average Bonchev–Trinajstić information content (AvgIpc) is 3.42. The van der Waals surface area contributed by atoms with Crippen LogP contribution in [0.5, 0.6) is 0 Å². The van der Waals surface area contributed by atoms with E-state index in [9.17, 15) is 0 Å². The van der Waals surface area contributed by atoms with Gasteiger partial charge in [0.2, 0.25) is 5.95 Å². The number of likely N-dealkylation sites (tertiary alicyclic amines) is 1. The summed E-state index contributed by atoms with van der Waals surface area (Å²) in [6.45, 7) is 11.3. The van der Waals surface area contributed by atoms with Crippen LogP contribution in [-0.4, -0.2) is 97.9 Å². The van der Waals surface area contributed by atoms with Crippen LogP contribution in [0.1, 0.15) is 25.5 Å². The van der Waals surface area contributed by atoms with Crippen LogP contribution in [0.3, 0.4) is 0 Å². The zero-order valence-electron chi connectivity index (χ0n) is 21.7. The number of imidazole rings is 2. The molecule has 5 heterocycles.